The maximum Gasteiger partial charge on any atom is 1.00 e. The van der Waals surface area contributed by atoms with Gasteiger partial charge in [0.1, 0.15) is 0 Å². The predicted octanol–water partition coefficient (Wildman–Crippen LogP) is -0.817. The summed E-state index contributed by atoms with van der Waals surface area (Å²) in [5, 5.41) is 4.50. The summed E-state index contributed by atoms with van der Waals surface area (Å²) in [7, 11) is 0. The van der Waals surface area contributed by atoms with Crippen LogP contribution in [0.4, 0.5) is 0 Å². The van der Waals surface area contributed by atoms with Crippen LogP contribution in [0, 0.1) is 11.8 Å². The molecule has 0 radical (unpaired) electrons. The summed E-state index contributed by atoms with van der Waals surface area (Å²) in [5.74, 6) is 2.02. The molecule has 1 nitrogen and oxygen atoms in total. The van der Waals surface area contributed by atoms with Crippen molar-refractivity contribution in [2.24, 2.45) is 11.8 Å². The number of hydrogen-bond acceptors (Lipinski definition) is 0. The van der Waals surface area contributed by atoms with E-state index < -0.39 is 0 Å². The molecule has 1 aliphatic carbocycles. The van der Waals surface area contributed by atoms with Gasteiger partial charge in [-0.2, -0.15) is 0 Å². The fourth-order valence-corrected chi connectivity index (χ4v) is 2.34. The van der Waals surface area contributed by atoms with E-state index in [-0.39, 0.29) is 58.2 Å². The average molecular weight is 210 g/mol. The standard InChI is InChI=1S/C8H14N.Rb/c1-2-6-3-8-4-7(6)5-9-8;/h6-8H,2-5H2,1H3;/q-1;+1. The summed E-state index contributed by atoms with van der Waals surface area (Å²) in [4.78, 5) is 0. The van der Waals surface area contributed by atoms with Crippen LogP contribution in [-0.4, -0.2) is 12.6 Å². The molecule has 0 N–H and O–H groups in total. The van der Waals surface area contributed by atoms with Crippen molar-refractivity contribution in [1.82, 2.24) is 0 Å². The van der Waals surface area contributed by atoms with Crippen molar-refractivity contribution in [1.29, 1.82) is 0 Å². The van der Waals surface area contributed by atoms with Gasteiger partial charge in [-0.25, -0.2) is 0 Å². The van der Waals surface area contributed by atoms with Crippen LogP contribution < -0.4 is 58.2 Å². The molecule has 2 aliphatic rings. The second-order valence-corrected chi connectivity index (χ2v) is 3.42. The third-order valence-corrected chi connectivity index (χ3v) is 2.94. The molecule has 0 aromatic rings. The monoisotopic (exact) mass is 209 g/mol. The Morgan fingerprint density at radius 2 is 2.20 bits per heavy atom. The van der Waals surface area contributed by atoms with Gasteiger partial charge < -0.3 is 5.32 Å². The summed E-state index contributed by atoms with van der Waals surface area (Å²) in [6.45, 7) is 3.49. The van der Waals surface area contributed by atoms with Crippen LogP contribution in [0.15, 0.2) is 0 Å². The Morgan fingerprint density at radius 1 is 1.40 bits per heavy atom. The molecular formula is C8H14NRb. The number of rotatable bonds is 1. The Morgan fingerprint density at radius 3 is 2.50 bits per heavy atom. The number of nitrogens with zero attached hydrogens (tertiary/aromatic N) is 1. The van der Waals surface area contributed by atoms with Crippen molar-refractivity contribution in [2.45, 2.75) is 32.2 Å². The van der Waals surface area contributed by atoms with Gasteiger partial charge in [-0.15, -0.1) is 12.6 Å². The minimum absolute atomic E-state index is 0. The molecule has 10 heavy (non-hydrogen) atoms. The number of piperidine rings is 1. The van der Waals surface area contributed by atoms with E-state index >= 15 is 0 Å². The Balaban J connectivity index is 0.000000500. The zero-order valence-corrected chi connectivity index (χ0v) is 11.9. The van der Waals surface area contributed by atoms with E-state index in [9.17, 15) is 0 Å². The zero-order valence-electron chi connectivity index (χ0n) is 7.01. The Kier molecular flexibility index (Phi) is 4.07. The van der Waals surface area contributed by atoms with Gasteiger partial charge in [0.25, 0.3) is 0 Å². The fourth-order valence-electron chi connectivity index (χ4n) is 2.34. The maximum atomic E-state index is 4.50. The van der Waals surface area contributed by atoms with E-state index in [4.69, 9.17) is 0 Å². The molecule has 0 spiro atoms. The first-order valence-electron chi connectivity index (χ1n) is 4.06. The van der Waals surface area contributed by atoms with E-state index in [0.717, 1.165) is 17.9 Å². The first-order chi connectivity index (χ1) is 4.40. The van der Waals surface area contributed by atoms with E-state index in [0.29, 0.717) is 0 Å². The molecule has 2 rings (SSSR count). The SMILES string of the molecule is CCC1CC2CC1C[N-]2.[Rb+]. The van der Waals surface area contributed by atoms with Gasteiger partial charge >= 0.3 is 58.2 Å². The molecule has 2 bridgehead atoms. The van der Waals surface area contributed by atoms with Gasteiger partial charge in [-0.1, -0.05) is 32.1 Å². The first-order valence-corrected chi connectivity index (χ1v) is 4.06. The van der Waals surface area contributed by atoms with Crippen LogP contribution in [-0.2, 0) is 0 Å². The van der Waals surface area contributed by atoms with Crippen molar-refractivity contribution in [3.05, 3.63) is 5.32 Å². The van der Waals surface area contributed by atoms with Crippen LogP contribution in [0.2, 0.25) is 0 Å². The summed E-state index contributed by atoms with van der Waals surface area (Å²) in [5.41, 5.74) is 0. The molecular weight excluding hydrogens is 196 g/mol. The molecule has 3 unspecified atom stereocenters. The molecule has 0 aromatic carbocycles. The molecule has 2 heteroatoms. The minimum atomic E-state index is 0. The van der Waals surface area contributed by atoms with Gasteiger partial charge in [0.05, 0.1) is 0 Å². The maximum absolute atomic E-state index is 4.50. The van der Waals surface area contributed by atoms with Crippen molar-refractivity contribution in [3.8, 4) is 0 Å². The largest absolute Gasteiger partial charge is 1.00 e. The average Bonchev–Trinajstić information content (AvgIpc) is 2.45. The predicted molar refractivity (Wildman–Crippen MR) is 38.5 cm³/mol. The molecule has 0 aromatic heterocycles. The smallest absolute Gasteiger partial charge is 0.659 e. The van der Waals surface area contributed by atoms with E-state index in [1.165, 1.54) is 25.8 Å². The van der Waals surface area contributed by atoms with Gasteiger partial charge in [0.2, 0.25) is 0 Å². The molecule has 1 heterocycles. The normalized spacial score (nSPS) is 43.5. The summed E-state index contributed by atoms with van der Waals surface area (Å²) in [6.07, 6.45) is 4.20. The van der Waals surface area contributed by atoms with Crippen LogP contribution in [0.25, 0.3) is 5.32 Å². The number of fused-ring (bicyclic) bond motifs is 2. The third kappa shape index (κ3) is 1.74. The summed E-state index contributed by atoms with van der Waals surface area (Å²) < 4.78 is 0. The molecule has 1 aliphatic heterocycles. The molecule has 0 amide bonds. The second kappa shape index (κ2) is 4.13. The van der Waals surface area contributed by atoms with E-state index in [1.807, 2.05) is 0 Å². The third-order valence-electron chi connectivity index (χ3n) is 2.94. The quantitative estimate of drug-likeness (QED) is 0.536. The van der Waals surface area contributed by atoms with Crippen molar-refractivity contribution < 1.29 is 58.2 Å². The van der Waals surface area contributed by atoms with Crippen molar-refractivity contribution in [2.75, 3.05) is 6.54 Å². The Hall–Kier alpha value is 1.77. The Labute approximate surface area is 112 Å². The summed E-state index contributed by atoms with van der Waals surface area (Å²) >= 11 is 0. The van der Waals surface area contributed by atoms with Crippen LogP contribution in [0.3, 0.4) is 0 Å². The van der Waals surface area contributed by atoms with Crippen LogP contribution in [0.1, 0.15) is 26.2 Å². The van der Waals surface area contributed by atoms with Gasteiger partial charge in [-0.05, 0) is 5.92 Å². The zero-order chi connectivity index (χ0) is 6.27. The van der Waals surface area contributed by atoms with Gasteiger partial charge in [0, 0.05) is 0 Å². The van der Waals surface area contributed by atoms with E-state index in [2.05, 4.69) is 12.2 Å². The first kappa shape index (κ1) is 9.85. The Bertz CT molecular complexity index is 116. The topological polar surface area (TPSA) is 14.1 Å². The molecule has 1 saturated carbocycles. The van der Waals surface area contributed by atoms with Gasteiger partial charge in [0.15, 0.2) is 0 Å². The van der Waals surface area contributed by atoms with Crippen LogP contribution in [0.5, 0.6) is 0 Å². The molecule has 1 saturated heterocycles. The van der Waals surface area contributed by atoms with E-state index in [1.54, 1.807) is 0 Å². The summed E-state index contributed by atoms with van der Waals surface area (Å²) in [6, 6.07) is 0.778. The molecule has 52 valence electrons. The number of hydrogen-bond donors (Lipinski definition) is 0. The second-order valence-electron chi connectivity index (χ2n) is 3.42. The molecule has 3 atom stereocenters. The fraction of sp³-hybridized carbons (Fsp3) is 1.00. The van der Waals surface area contributed by atoms with Crippen molar-refractivity contribution in [3.63, 3.8) is 0 Å². The van der Waals surface area contributed by atoms with Crippen LogP contribution >= 0.6 is 0 Å². The molecule has 2 fully saturated rings. The minimum Gasteiger partial charge on any atom is -0.659 e. The van der Waals surface area contributed by atoms with Gasteiger partial charge in [-0.3, -0.25) is 0 Å². The van der Waals surface area contributed by atoms with Crippen molar-refractivity contribution >= 4 is 0 Å².